The number of hydrogen-bond donors (Lipinski definition) is 1. The predicted molar refractivity (Wildman–Crippen MR) is 76.8 cm³/mol. The van der Waals surface area contributed by atoms with Crippen LogP contribution in [0.2, 0.25) is 0 Å². The second kappa shape index (κ2) is 7.43. The van der Waals surface area contributed by atoms with Crippen molar-refractivity contribution in [3.8, 4) is 0 Å². The van der Waals surface area contributed by atoms with E-state index in [2.05, 4.69) is 5.32 Å². The Balaban J connectivity index is 2.37. The zero-order valence-electron chi connectivity index (χ0n) is 13.2. The van der Waals surface area contributed by atoms with Crippen LogP contribution in [0, 0.1) is 5.92 Å². The highest BCUT2D eigenvalue weighted by atomic mass is 16.6. The topological polar surface area (TPSA) is 81.7 Å². The van der Waals surface area contributed by atoms with E-state index in [0.29, 0.717) is 12.8 Å². The highest BCUT2D eigenvalue weighted by molar-refractivity contribution is 5.97. The van der Waals surface area contributed by atoms with E-state index in [-0.39, 0.29) is 30.8 Å². The van der Waals surface area contributed by atoms with Crippen LogP contribution >= 0.6 is 0 Å². The number of amides is 1. The molecule has 0 aromatic carbocycles. The average molecular weight is 299 g/mol. The number of Topliss-reactive ketones (excluding diaryl/α,β-unsaturated/α-hetero) is 1. The maximum Gasteiger partial charge on any atom is 0.407 e. The van der Waals surface area contributed by atoms with E-state index >= 15 is 0 Å². The van der Waals surface area contributed by atoms with Crippen molar-refractivity contribution in [1.29, 1.82) is 0 Å². The van der Waals surface area contributed by atoms with Crippen LogP contribution in [0.25, 0.3) is 0 Å². The number of alkyl carbamates (subject to hydrolysis) is 1. The Kier molecular flexibility index (Phi) is 6.18. The second-order valence-corrected chi connectivity index (χ2v) is 6.30. The monoisotopic (exact) mass is 299 g/mol. The van der Waals surface area contributed by atoms with Gasteiger partial charge in [0.15, 0.2) is 0 Å². The van der Waals surface area contributed by atoms with Gasteiger partial charge in [-0.3, -0.25) is 9.59 Å². The summed E-state index contributed by atoms with van der Waals surface area (Å²) in [6, 6.07) is -0.0732. The minimum absolute atomic E-state index is 0.0732. The fourth-order valence-corrected chi connectivity index (χ4v) is 2.38. The summed E-state index contributed by atoms with van der Waals surface area (Å²) < 4.78 is 9.95. The summed E-state index contributed by atoms with van der Waals surface area (Å²) in [5.41, 5.74) is -0.540. The third-order valence-electron chi connectivity index (χ3n) is 3.23. The SMILES string of the molecule is CCOC(=O)CC(=O)[C@@H]1CC[C@H](NC(=O)OC(C)(C)C)C1. The molecule has 120 valence electrons. The molecule has 1 saturated carbocycles. The van der Waals surface area contributed by atoms with Gasteiger partial charge in [-0.15, -0.1) is 0 Å². The van der Waals surface area contributed by atoms with Crippen molar-refractivity contribution in [2.75, 3.05) is 6.61 Å². The van der Waals surface area contributed by atoms with Gasteiger partial charge in [0, 0.05) is 12.0 Å². The molecular weight excluding hydrogens is 274 g/mol. The van der Waals surface area contributed by atoms with Crippen LogP contribution < -0.4 is 5.32 Å². The number of ether oxygens (including phenoxy) is 2. The van der Waals surface area contributed by atoms with Crippen LogP contribution in [-0.4, -0.2) is 36.1 Å². The van der Waals surface area contributed by atoms with Gasteiger partial charge in [-0.25, -0.2) is 4.79 Å². The van der Waals surface area contributed by atoms with Crippen LogP contribution in [-0.2, 0) is 19.1 Å². The molecule has 1 fully saturated rings. The lowest BCUT2D eigenvalue weighted by molar-refractivity contribution is -0.146. The largest absolute Gasteiger partial charge is 0.466 e. The quantitative estimate of drug-likeness (QED) is 0.621. The Hall–Kier alpha value is -1.59. The van der Waals surface area contributed by atoms with Crippen LogP contribution in [0.15, 0.2) is 0 Å². The van der Waals surface area contributed by atoms with Crippen molar-refractivity contribution in [3.63, 3.8) is 0 Å². The van der Waals surface area contributed by atoms with Crippen LogP contribution in [0.1, 0.15) is 53.4 Å². The smallest absolute Gasteiger partial charge is 0.407 e. The third-order valence-corrected chi connectivity index (χ3v) is 3.23. The van der Waals surface area contributed by atoms with Crippen molar-refractivity contribution < 1.29 is 23.9 Å². The molecular formula is C15H25NO5. The maximum atomic E-state index is 11.9. The molecule has 6 nitrogen and oxygen atoms in total. The first-order chi connectivity index (χ1) is 9.71. The molecule has 0 spiro atoms. The minimum Gasteiger partial charge on any atom is -0.466 e. The van der Waals surface area contributed by atoms with Gasteiger partial charge in [0.2, 0.25) is 0 Å². The van der Waals surface area contributed by atoms with Crippen molar-refractivity contribution >= 4 is 17.8 Å². The highest BCUT2D eigenvalue weighted by Crippen LogP contribution is 2.27. The standard InChI is InChI=1S/C15H25NO5/c1-5-20-13(18)9-12(17)10-6-7-11(8-10)16-14(19)21-15(2,3)4/h10-11H,5-9H2,1-4H3,(H,16,19)/t10-,11+/m1/s1. The van der Waals surface area contributed by atoms with Gasteiger partial charge in [0.1, 0.15) is 17.8 Å². The first kappa shape index (κ1) is 17.5. The summed E-state index contributed by atoms with van der Waals surface area (Å²) in [4.78, 5) is 34.9. The molecule has 1 aliphatic carbocycles. The van der Waals surface area contributed by atoms with E-state index in [1.807, 2.05) is 0 Å². The number of carbonyl (C=O) groups is 3. The fourth-order valence-electron chi connectivity index (χ4n) is 2.38. The lowest BCUT2D eigenvalue weighted by Crippen LogP contribution is -2.38. The molecule has 0 unspecified atom stereocenters. The van der Waals surface area contributed by atoms with Gasteiger partial charge < -0.3 is 14.8 Å². The number of esters is 1. The van der Waals surface area contributed by atoms with Gasteiger partial charge in [0.25, 0.3) is 0 Å². The first-order valence-corrected chi connectivity index (χ1v) is 7.39. The summed E-state index contributed by atoms with van der Waals surface area (Å²) in [6.07, 6.45) is 1.30. The van der Waals surface area contributed by atoms with Crippen molar-refractivity contribution in [1.82, 2.24) is 5.32 Å². The van der Waals surface area contributed by atoms with Crippen molar-refractivity contribution in [2.24, 2.45) is 5.92 Å². The zero-order chi connectivity index (χ0) is 16.0. The molecule has 0 aliphatic heterocycles. The fraction of sp³-hybridized carbons (Fsp3) is 0.800. The molecule has 2 atom stereocenters. The van der Waals surface area contributed by atoms with Crippen molar-refractivity contribution in [3.05, 3.63) is 0 Å². The molecule has 1 amide bonds. The summed E-state index contributed by atoms with van der Waals surface area (Å²) >= 11 is 0. The van der Waals surface area contributed by atoms with Crippen molar-refractivity contribution in [2.45, 2.75) is 65.0 Å². The number of carbonyl (C=O) groups excluding carboxylic acids is 3. The maximum absolute atomic E-state index is 11.9. The number of nitrogens with one attached hydrogen (secondary N) is 1. The molecule has 6 heteroatoms. The molecule has 0 radical (unpaired) electrons. The normalized spacial score (nSPS) is 21.7. The van der Waals surface area contributed by atoms with E-state index < -0.39 is 17.7 Å². The Labute approximate surface area is 125 Å². The number of rotatable bonds is 5. The molecule has 21 heavy (non-hydrogen) atoms. The molecule has 0 heterocycles. The second-order valence-electron chi connectivity index (χ2n) is 6.30. The Morgan fingerprint density at radius 2 is 1.86 bits per heavy atom. The van der Waals surface area contributed by atoms with E-state index in [1.165, 1.54) is 0 Å². The van der Waals surface area contributed by atoms with Gasteiger partial charge in [-0.2, -0.15) is 0 Å². The van der Waals surface area contributed by atoms with Crippen LogP contribution in [0.5, 0.6) is 0 Å². The third kappa shape index (κ3) is 6.60. The molecule has 1 N–H and O–H groups in total. The van der Waals surface area contributed by atoms with E-state index in [1.54, 1.807) is 27.7 Å². The Bertz CT molecular complexity index is 399. The molecule has 1 aliphatic rings. The van der Waals surface area contributed by atoms with Crippen LogP contribution in [0.3, 0.4) is 0 Å². The molecule has 1 rings (SSSR count). The Morgan fingerprint density at radius 3 is 2.43 bits per heavy atom. The van der Waals surface area contributed by atoms with Gasteiger partial charge in [0.05, 0.1) is 6.61 Å². The molecule has 0 aromatic rings. The first-order valence-electron chi connectivity index (χ1n) is 7.39. The number of hydrogen-bond acceptors (Lipinski definition) is 5. The summed E-state index contributed by atoms with van der Waals surface area (Å²) in [7, 11) is 0. The predicted octanol–water partition coefficient (Wildman–Crippen LogP) is 2.20. The van der Waals surface area contributed by atoms with E-state index in [9.17, 15) is 14.4 Å². The number of ketones is 1. The summed E-state index contributed by atoms with van der Waals surface area (Å²) in [5, 5.41) is 2.77. The van der Waals surface area contributed by atoms with Gasteiger partial charge in [-0.1, -0.05) is 0 Å². The van der Waals surface area contributed by atoms with E-state index in [0.717, 1.165) is 6.42 Å². The zero-order valence-corrected chi connectivity index (χ0v) is 13.2. The minimum atomic E-state index is -0.540. The van der Waals surface area contributed by atoms with Gasteiger partial charge in [-0.05, 0) is 47.0 Å². The molecule has 0 bridgehead atoms. The average Bonchev–Trinajstić information content (AvgIpc) is 2.74. The highest BCUT2D eigenvalue weighted by Gasteiger charge is 2.32. The lowest BCUT2D eigenvalue weighted by atomic mass is 10.00. The van der Waals surface area contributed by atoms with Gasteiger partial charge >= 0.3 is 12.1 Å². The summed E-state index contributed by atoms with van der Waals surface area (Å²) in [6.45, 7) is 7.38. The molecule has 0 aromatic heterocycles. The molecule has 0 saturated heterocycles. The Morgan fingerprint density at radius 1 is 1.19 bits per heavy atom. The van der Waals surface area contributed by atoms with Crippen LogP contribution in [0.4, 0.5) is 4.79 Å². The summed E-state index contributed by atoms with van der Waals surface area (Å²) in [5.74, 6) is -0.776. The van der Waals surface area contributed by atoms with E-state index in [4.69, 9.17) is 9.47 Å². The lowest BCUT2D eigenvalue weighted by Gasteiger charge is -2.21.